The second kappa shape index (κ2) is 9.47. The van der Waals surface area contributed by atoms with Crippen LogP contribution in [0.15, 0.2) is 60.7 Å². The second-order valence-electron chi connectivity index (χ2n) is 4.40. The summed E-state index contributed by atoms with van der Waals surface area (Å²) >= 11 is 0. The molecular weight excluding hydrogens is 216 g/mol. The Morgan fingerprint density at radius 2 is 1.22 bits per heavy atom. The van der Waals surface area contributed by atoms with Gasteiger partial charge in [-0.1, -0.05) is 88.9 Å². The van der Waals surface area contributed by atoms with Crippen LogP contribution in [0.2, 0.25) is 0 Å². The van der Waals surface area contributed by atoms with E-state index in [4.69, 9.17) is 0 Å². The summed E-state index contributed by atoms with van der Waals surface area (Å²) in [5, 5.41) is 0. The molecule has 0 spiro atoms. The summed E-state index contributed by atoms with van der Waals surface area (Å²) in [6.07, 6.45) is 1.14. The van der Waals surface area contributed by atoms with Gasteiger partial charge in [-0.05, 0) is 23.5 Å². The molecule has 18 heavy (non-hydrogen) atoms. The van der Waals surface area contributed by atoms with Crippen molar-refractivity contribution in [3.63, 3.8) is 0 Å². The lowest BCUT2D eigenvalue weighted by atomic mass is 10.0. The fraction of sp³-hybridized carbons (Fsp3) is 0.333. The molecule has 0 bridgehead atoms. The summed E-state index contributed by atoms with van der Waals surface area (Å²) in [6.45, 7) is 6.57. The average molecular weight is 242 g/mol. The van der Waals surface area contributed by atoms with Crippen LogP contribution in [0.1, 0.15) is 45.2 Å². The zero-order valence-corrected chi connectivity index (χ0v) is 11.1. The molecule has 0 fully saturated rings. The Bertz CT molecular complexity index is 387. The van der Waals surface area contributed by atoms with E-state index < -0.39 is 0 Å². The van der Waals surface area contributed by atoms with Crippen molar-refractivity contribution in [1.29, 1.82) is 0 Å². The summed E-state index contributed by atoms with van der Waals surface area (Å²) in [4.78, 5) is 0. The minimum absolute atomic E-state index is 0. The zero-order chi connectivity index (χ0) is 12.5. The van der Waals surface area contributed by atoms with Crippen LogP contribution in [0.5, 0.6) is 0 Å². The van der Waals surface area contributed by atoms with Gasteiger partial charge in [-0.15, -0.1) is 0 Å². The van der Waals surface area contributed by atoms with Gasteiger partial charge in [0.1, 0.15) is 0 Å². The van der Waals surface area contributed by atoms with Crippen LogP contribution in [-0.4, -0.2) is 0 Å². The molecular formula is C18H26. The molecule has 0 aromatic heterocycles. The summed E-state index contributed by atoms with van der Waals surface area (Å²) in [6, 6.07) is 21.0. The first-order valence-corrected chi connectivity index (χ1v) is 6.33. The van der Waals surface area contributed by atoms with Crippen molar-refractivity contribution in [3.05, 3.63) is 71.8 Å². The molecule has 0 atom stereocenters. The molecule has 98 valence electrons. The van der Waals surface area contributed by atoms with Crippen LogP contribution in [-0.2, 0) is 6.42 Å². The predicted molar refractivity (Wildman–Crippen MR) is 83.1 cm³/mol. The Morgan fingerprint density at radius 1 is 0.778 bits per heavy atom. The fourth-order valence-electron chi connectivity index (χ4n) is 1.55. The summed E-state index contributed by atoms with van der Waals surface area (Å²) in [5.41, 5.74) is 2.82. The Balaban J connectivity index is 0.000000306. The van der Waals surface area contributed by atoms with Crippen molar-refractivity contribution in [1.82, 2.24) is 0 Å². The van der Waals surface area contributed by atoms with Crippen molar-refractivity contribution in [2.24, 2.45) is 0 Å². The van der Waals surface area contributed by atoms with Gasteiger partial charge in [-0.25, -0.2) is 0 Å². The van der Waals surface area contributed by atoms with E-state index in [2.05, 4.69) is 69.3 Å². The lowest BCUT2D eigenvalue weighted by Crippen LogP contribution is -1.83. The SMILES string of the molecule is C.CC(C)c1ccccc1.CCc1ccccc1. The maximum atomic E-state index is 2.20. The first-order valence-electron chi connectivity index (χ1n) is 6.33. The van der Waals surface area contributed by atoms with E-state index in [-0.39, 0.29) is 7.43 Å². The quantitative estimate of drug-likeness (QED) is 0.634. The average Bonchev–Trinajstić information content (AvgIpc) is 2.41. The lowest BCUT2D eigenvalue weighted by molar-refractivity contribution is 0.867. The molecule has 0 nitrogen and oxygen atoms in total. The van der Waals surface area contributed by atoms with E-state index in [0.29, 0.717) is 5.92 Å². The second-order valence-corrected chi connectivity index (χ2v) is 4.40. The first kappa shape index (κ1) is 16.4. The van der Waals surface area contributed by atoms with E-state index in [0.717, 1.165) is 6.42 Å². The number of hydrogen-bond donors (Lipinski definition) is 0. The van der Waals surface area contributed by atoms with Gasteiger partial charge in [-0.3, -0.25) is 0 Å². The smallest absolute Gasteiger partial charge is 0.0219 e. The van der Waals surface area contributed by atoms with Gasteiger partial charge in [-0.2, -0.15) is 0 Å². The van der Waals surface area contributed by atoms with E-state index in [1.54, 1.807) is 0 Å². The first-order chi connectivity index (χ1) is 8.24. The molecule has 2 rings (SSSR count). The maximum absolute atomic E-state index is 2.20. The van der Waals surface area contributed by atoms with Gasteiger partial charge < -0.3 is 0 Å². The molecule has 0 saturated heterocycles. The Hall–Kier alpha value is -1.56. The van der Waals surface area contributed by atoms with Crippen molar-refractivity contribution in [2.45, 2.75) is 40.5 Å². The van der Waals surface area contributed by atoms with Crippen LogP contribution < -0.4 is 0 Å². The minimum Gasteiger partial charge on any atom is -0.0776 e. The van der Waals surface area contributed by atoms with Gasteiger partial charge in [0.15, 0.2) is 0 Å². The number of aryl methyl sites for hydroxylation is 1. The molecule has 0 heterocycles. The molecule has 0 aliphatic carbocycles. The highest BCUT2D eigenvalue weighted by molar-refractivity contribution is 5.17. The normalized spacial score (nSPS) is 9.11. The Morgan fingerprint density at radius 3 is 1.50 bits per heavy atom. The lowest BCUT2D eigenvalue weighted by Gasteiger charge is -2.01. The topological polar surface area (TPSA) is 0 Å². The molecule has 0 amide bonds. The zero-order valence-electron chi connectivity index (χ0n) is 11.1. The van der Waals surface area contributed by atoms with Crippen molar-refractivity contribution >= 4 is 0 Å². The minimum atomic E-state index is 0. The molecule has 0 saturated carbocycles. The summed E-state index contributed by atoms with van der Waals surface area (Å²) in [7, 11) is 0. The number of benzene rings is 2. The Kier molecular flexibility index (Phi) is 8.65. The highest BCUT2D eigenvalue weighted by Crippen LogP contribution is 2.11. The molecule has 0 unspecified atom stereocenters. The van der Waals surface area contributed by atoms with Gasteiger partial charge in [0.2, 0.25) is 0 Å². The van der Waals surface area contributed by atoms with E-state index in [1.807, 2.05) is 12.1 Å². The molecule has 0 heteroatoms. The molecule has 2 aromatic carbocycles. The highest BCUT2D eigenvalue weighted by atomic mass is 14.0. The fourth-order valence-corrected chi connectivity index (χ4v) is 1.55. The third-order valence-corrected chi connectivity index (χ3v) is 2.72. The Labute approximate surface area is 113 Å². The van der Waals surface area contributed by atoms with Crippen LogP contribution in [0.3, 0.4) is 0 Å². The van der Waals surface area contributed by atoms with Gasteiger partial charge in [0, 0.05) is 0 Å². The van der Waals surface area contributed by atoms with Crippen molar-refractivity contribution in [3.8, 4) is 0 Å². The monoisotopic (exact) mass is 242 g/mol. The molecule has 2 aromatic rings. The van der Waals surface area contributed by atoms with Gasteiger partial charge in [0.25, 0.3) is 0 Å². The third-order valence-electron chi connectivity index (χ3n) is 2.72. The van der Waals surface area contributed by atoms with Crippen LogP contribution in [0.25, 0.3) is 0 Å². The largest absolute Gasteiger partial charge is 0.0776 e. The van der Waals surface area contributed by atoms with Gasteiger partial charge in [0.05, 0.1) is 0 Å². The molecule has 0 N–H and O–H groups in total. The predicted octanol–water partition coefficient (Wildman–Crippen LogP) is 5.70. The van der Waals surface area contributed by atoms with E-state index >= 15 is 0 Å². The molecule has 0 aliphatic heterocycles. The summed E-state index contributed by atoms with van der Waals surface area (Å²) < 4.78 is 0. The standard InChI is InChI=1S/C9H12.C8H10.CH4/c1-8(2)9-6-4-3-5-7-9;1-2-8-6-4-3-5-7-8;/h3-8H,1-2H3;3-7H,2H2,1H3;1H4. The summed E-state index contributed by atoms with van der Waals surface area (Å²) in [5.74, 6) is 0.659. The highest BCUT2D eigenvalue weighted by Gasteiger charge is 1.93. The maximum Gasteiger partial charge on any atom is -0.0219 e. The molecule has 0 aliphatic rings. The van der Waals surface area contributed by atoms with Crippen LogP contribution in [0, 0.1) is 0 Å². The van der Waals surface area contributed by atoms with E-state index in [1.165, 1.54) is 11.1 Å². The third kappa shape index (κ3) is 6.24. The number of rotatable bonds is 2. The van der Waals surface area contributed by atoms with E-state index in [9.17, 15) is 0 Å². The van der Waals surface area contributed by atoms with Crippen molar-refractivity contribution in [2.75, 3.05) is 0 Å². The van der Waals surface area contributed by atoms with Crippen LogP contribution in [0.4, 0.5) is 0 Å². The molecule has 0 radical (unpaired) electrons. The van der Waals surface area contributed by atoms with Crippen molar-refractivity contribution < 1.29 is 0 Å². The van der Waals surface area contributed by atoms with Gasteiger partial charge >= 0.3 is 0 Å². The number of hydrogen-bond acceptors (Lipinski definition) is 0. The van der Waals surface area contributed by atoms with Crippen LogP contribution >= 0.6 is 0 Å².